The molecule has 1 aromatic rings. The molecule has 1 aliphatic rings. The van der Waals surface area contributed by atoms with Crippen molar-refractivity contribution in [2.45, 2.75) is 58.4 Å². The zero-order chi connectivity index (χ0) is 14.4. The molecule has 0 aliphatic heterocycles. The molecule has 1 aromatic carbocycles. The van der Waals surface area contributed by atoms with Crippen LogP contribution in [0, 0.1) is 13.8 Å². The number of nitrogens with two attached hydrogens (primary N) is 1. The summed E-state index contributed by atoms with van der Waals surface area (Å²) in [4.78, 5) is 12.0. The van der Waals surface area contributed by atoms with Crippen LogP contribution in [-0.4, -0.2) is 11.4 Å². The number of anilines is 1. The molecule has 19 heavy (non-hydrogen) atoms. The van der Waals surface area contributed by atoms with Gasteiger partial charge in [0.1, 0.15) is 0 Å². The van der Waals surface area contributed by atoms with Gasteiger partial charge in [-0.1, -0.05) is 32.9 Å². The molecular formula is C16H24N2O. The lowest BCUT2D eigenvalue weighted by Crippen LogP contribution is -2.38. The van der Waals surface area contributed by atoms with E-state index in [0.717, 1.165) is 29.7 Å². The van der Waals surface area contributed by atoms with Gasteiger partial charge in [0.15, 0.2) is 0 Å². The molecule has 3 nitrogen and oxygen atoms in total. The van der Waals surface area contributed by atoms with Crippen LogP contribution in [0.4, 0.5) is 5.69 Å². The standard InChI is InChI=1S/C16H24N2O/c1-10-8-12(15(3,4)5)9-11(2)13(10)18-14(19)16(17)6-7-16/h8-9H,6-7,17H2,1-5H3,(H,18,19). The largest absolute Gasteiger partial charge is 0.324 e. The second-order valence-electron chi connectivity index (χ2n) is 6.85. The van der Waals surface area contributed by atoms with Gasteiger partial charge in [0.25, 0.3) is 0 Å². The Morgan fingerprint density at radius 3 is 2.05 bits per heavy atom. The van der Waals surface area contributed by atoms with Crippen molar-refractivity contribution >= 4 is 11.6 Å². The SMILES string of the molecule is Cc1cc(C(C)(C)C)cc(C)c1NC(=O)C1(N)CC1. The van der Waals surface area contributed by atoms with Gasteiger partial charge >= 0.3 is 0 Å². The molecule has 0 radical (unpaired) electrons. The molecule has 0 spiro atoms. The smallest absolute Gasteiger partial charge is 0.244 e. The second kappa shape index (κ2) is 4.34. The maximum absolute atomic E-state index is 12.0. The predicted octanol–water partition coefficient (Wildman–Crippen LogP) is 3.03. The first-order valence-electron chi connectivity index (χ1n) is 6.85. The van der Waals surface area contributed by atoms with E-state index in [2.05, 4.69) is 38.2 Å². The van der Waals surface area contributed by atoms with Gasteiger partial charge in [0.2, 0.25) is 5.91 Å². The van der Waals surface area contributed by atoms with Gasteiger partial charge in [-0.2, -0.15) is 0 Å². The van der Waals surface area contributed by atoms with Crippen molar-refractivity contribution in [3.05, 3.63) is 28.8 Å². The monoisotopic (exact) mass is 260 g/mol. The maximum Gasteiger partial charge on any atom is 0.244 e. The molecule has 1 fully saturated rings. The average molecular weight is 260 g/mol. The molecule has 0 atom stereocenters. The third-order valence-electron chi connectivity index (χ3n) is 3.88. The third kappa shape index (κ3) is 2.81. The Kier molecular flexibility index (Phi) is 3.21. The summed E-state index contributed by atoms with van der Waals surface area (Å²) in [5.41, 5.74) is 9.81. The van der Waals surface area contributed by atoms with Crippen LogP contribution in [0.15, 0.2) is 12.1 Å². The topological polar surface area (TPSA) is 55.1 Å². The van der Waals surface area contributed by atoms with E-state index in [1.54, 1.807) is 0 Å². The van der Waals surface area contributed by atoms with Crippen molar-refractivity contribution in [3.8, 4) is 0 Å². The first kappa shape index (κ1) is 14.1. The Bertz CT molecular complexity index is 499. The number of rotatable bonds is 2. The molecule has 1 aliphatic carbocycles. The molecule has 0 saturated heterocycles. The van der Waals surface area contributed by atoms with E-state index >= 15 is 0 Å². The molecule has 1 saturated carbocycles. The highest BCUT2D eigenvalue weighted by Gasteiger charge is 2.46. The third-order valence-corrected chi connectivity index (χ3v) is 3.88. The van der Waals surface area contributed by atoms with Gasteiger partial charge in [-0.3, -0.25) is 4.79 Å². The van der Waals surface area contributed by atoms with Crippen molar-refractivity contribution < 1.29 is 4.79 Å². The second-order valence-corrected chi connectivity index (χ2v) is 6.85. The summed E-state index contributed by atoms with van der Waals surface area (Å²) in [6.45, 7) is 10.7. The molecule has 0 bridgehead atoms. The fraction of sp³-hybridized carbons (Fsp3) is 0.562. The van der Waals surface area contributed by atoms with Crippen LogP contribution in [0.2, 0.25) is 0 Å². The Hall–Kier alpha value is -1.35. The van der Waals surface area contributed by atoms with Crippen molar-refractivity contribution in [3.63, 3.8) is 0 Å². The van der Waals surface area contributed by atoms with Gasteiger partial charge in [-0.15, -0.1) is 0 Å². The molecule has 0 aromatic heterocycles. The summed E-state index contributed by atoms with van der Waals surface area (Å²) in [6.07, 6.45) is 1.58. The number of hydrogen-bond donors (Lipinski definition) is 2. The average Bonchev–Trinajstić information content (AvgIpc) is 3.01. The van der Waals surface area contributed by atoms with Gasteiger partial charge < -0.3 is 11.1 Å². The van der Waals surface area contributed by atoms with Crippen molar-refractivity contribution in [2.24, 2.45) is 5.73 Å². The zero-order valence-electron chi connectivity index (χ0n) is 12.6. The quantitative estimate of drug-likeness (QED) is 0.858. The zero-order valence-corrected chi connectivity index (χ0v) is 12.6. The van der Waals surface area contributed by atoms with Gasteiger partial charge in [-0.25, -0.2) is 0 Å². The number of benzene rings is 1. The number of amides is 1. The van der Waals surface area contributed by atoms with Gasteiger partial charge in [0.05, 0.1) is 5.54 Å². The molecular weight excluding hydrogens is 236 g/mol. The Balaban J connectivity index is 2.30. The molecule has 2 rings (SSSR count). The van der Waals surface area contributed by atoms with E-state index < -0.39 is 5.54 Å². The predicted molar refractivity (Wildman–Crippen MR) is 79.4 cm³/mol. The van der Waals surface area contributed by atoms with Crippen LogP contribution in [0.5, 0.6) is 0 Å². The highest BCUT2D eigenvalue weighted by molar-refractivity contribution is 6.01. The molecule has 0 heterocycles. The number of carbonyl (C=O) groups excluding carboxylic acids is 1. The summed E-state index contributed by atoms with van der Waals surface area (Å²) in [6, 6.07) is 4.30. The summed E-state index contributed by atoms with van der Waals surface area (Å²) in [5, 5.41) is 3.00. The fourth-order valence-corrected chi connectivity index (χ4v) is 2.19. The van der Waals surface area contributed by atoms with Crippen LogP contribution in [-0.2, 0) is 10.2 Å². The van der Waals surface area contributed by atoms with Gasteiger partial charge in [0, 0.05) is 5.69 Å². The first-order chi connectivity index (χ1) is 8.63. The minimum atomic E-state index is -0.623. The summed E-state index contributed by atoms with van der Waals surface area (Å²) >= 11 is 0. The molecule has 104 valence electrons. The maximum atomic E-state index is 12.0. The van der Waals surface area contributed by atoms with E-state index in [9.17, 15) is 4.79 Å². The number of nitrogens with one attached hydrogen (secondary N) is 1. The first-order valence-corrected chi connectivity index (χ1v) is 6.85. The normalized spacial score (nSPS) is 17.2. The lowest BCUT2D eigenvalue weighted by atomic mass is 9.84. The molecule has 0 unspecified atom stereocenters. The van der Waals surface area contributed by atoms with Crippen LogP contribution in [0.1, 0.15) is 50.3 Å². The minimum absolute atomic E-state index is 0.0535. The summed E-state index contributed by atoms with van der Waals surface area (Å²) < 4.78 is 0. The van der Waals surface area contributed by atoms with Crippen molar-refractivity contribution in [1.29, 1.82) is 0 Å². The molecule has 3 N–H and O–H groups in total. The van der Waals surface area contributed by atoms with Gasteiger partial charge in [-0.05, 0) is 48.8 Å². The summed E-state index contributed by atoms with van der Waals surface area (Å²) in [7, 11) is 0. The Morgan fingerprint density at radius 1 is 1.21 bits per heavy atom. The molecule has 3 heteroatoms. The van der Waals surface area contributed by atoms with E-state index in [1.807, 2.05) is 13.8 Å². The minimum Gasteiger partial charge on any atom is -0.324 e. The van der Waals surface area contributed by atoms with Crippen molar-refractivity contribution in [1.82, 2.24) is 0 Å². The highest BCUT2D eigenvalue weighted by atomic mass is 16.2. The van der Waals surface area contributed by atoms with E-state index in [-0.39, 0.29) is 11.3 Å². The fourth-order valence-electron chi connectivity index (χ4n) is 2.19. The van der Waals surface area contributed by atoms with Crippen molar-refractivity contribution in [2.75, 3.05) is 5.32 Å². The number of aryl methyl sites for hydroxylation is 2. The lowest BCUT2D eigenvalue weighted by molar-refractivity contribution is -0.118. The van der Waals surface area contributed by atoms with Crippen LogP contribution in [0.3, 0.4) is 0 Å². The van der Waals surface area contributed by atoms with E-state index in [4.69, 9.17) is 5.73 Å². The van der Waals surface area contributed by atoms with Crippen LogP contribution >= 0.6 is 0 Å². The van der Waals surface area contributed by atoms with Crippen LogP contribution in [0.25, 0.3) is 0 Å². The van der Waals surface area contributed by atoms with E-state index in [1.165, 1.54) is 5.56 Å². The Morgan fingerprint density at radius 2 is 1.68 bits per heavy atom. The number of hydrogen-bond acceptors (Lipinski definition) is 2. The Labute approximate surface area is 115 Å². The highest BCUT2D eigenvalue weighted by Crippen LogP contribution is 2.35. The summed E-state index contributed by atoms with van der Waals surface area (Å²) in [5.74, 6) is -0.0535. The number of carbonyl (C=O) groups is 1. The molecule has 1 amide bonds. The van der Waals surface area contributed by atoms with E-state index in [0.29, 0.717) is 0 Å². The lowest BCUT2D eigenvalue weighted by Gasteiger charge is -2.23. The van der Waals surface area contributed by atoms with Crippen LogP contribution < -0.4 is 11.1 Å².